The number of nitrogens with one attached hydrogen (secondary N) is 1. The van der Waals surface area contributed by atoms with Gasteiger partial charge in [0.05, 0.1) is 0 Å². The quantitative estimate of drug-likeness (QED) is 0.494. The van der Waals surface area contributed by atoms with Crippen LogP contribution in [0.4, 0.5) is 0 Å². The van der Waals surface area contributed by atoms with Gasteiger partial charge in [0.15, 0.2) is 5.96 Å². The minimum absolute atomic E-state index is 0.151. The lowest BCUT2D eigenvalue weighted by molar-refractivity contribution is 0.377. The van der Waals surface area contributed by atoms with E-state index in [9.17, 15) is 0 Å². The highest BCUT2D eigenvalue weighted by Crippen LogP contribution is 2.04. The normalized spacial score (nSPS) is 12.6. The Kier molecular flexibility index (Phi) is 5.11. The van der Waals surface area contributed by atoms with E-state index in [0.29, 0.717) is 6.04 Å². The van der Waals surface area contributed by atoms with Crippen LogP contribution in [0.1, 0.15) is 13.3 Å². The number of hydrogen-bond acceptors (Lipinski definition) is 2. The second-order valence-corrected chi connectivity index (χ2v) is 3.61. The Balaban J connectivity index is 3.63. The average Bonchev–Trinajstić information content (AvgIpc) is 1.98. The van der Waals surface area contributed by atoms with Crippen molar-refractivity contribution < 1.29 is 0 Å². The number of rotatable bonds is 4. The predicted molar refractivity (Wildman–Crippen MR) is 52.1 cm³/mol. The van der Waals surface area contributed by atoms with E-state index < -0.39 is 0 Å². The molecule has 3 nitrogen and oxygen atoms in total. The molecule has 3 N–H and O–H groups in total. The van der Waals surface area contributed by atoms with Crippen molar-refractivity contribution in [3.05, 3.63) is 0 Å². The molecule has 1 atom stereocenters. The second-order valence-electron chi connectivity index (χ2n) is 2.63. The van der Waals surface area contributed by atoms with Crippen LogP contribution in [-0.2, 0) is 0 Å². The van der Waals surface area contributed by atoms with E-state index in [0.717, 1.165) is 12.2 Å². The fourth-order valence-corrected chi connectivity index (χ4v) is 1.30. The molecule has 0 aliphatic heterocycles. The van der Waals surface area contributed by atoms with Gasteiger partial charge in [-0.25, -0.2) is 0 Å². The third kappa shape index (κ3) is 4.14. The van der Waals surface area contributed by atoms with E-state index in [2.05, 4.69) is 13.2 Å². The van der Waals surface area contributed by atoms with E-state index in [1.807, 2.05) is 18.8 Å². The Labute approximate surface area is 72.8 Å². The van der Waals surface area contributed by atoms with Gasteiger partial charge in [-0.15, -0.1) is 0 Å². The second kappa shape index (κ2) is 5.29. The zero-order valence-corrected chi connectivity index (χ0v) is 8.24. The minimum atomic E-state index is 0.151. The maximum atomic E-state index is 7.16. The monoisotopic (exact) mass is 175 g/mol. The Morgan fingerprint density at radius 1 is 1.73 bits per heavy atom. The minimum Gasteiger partial charge on any atom is -0.370 e. The van der Waals surface area contributed by atoms with Crippen molar-refractivity contribution in [1.29, 1.82) is 5.41 Å². The first kappa shape index (κ1) is 10.6. The summed E-state index contributed by atoms with van der Waals surface area (Å²) < 4.78 is 0. The van der Waals surface area contributed by atoms with E-state index in [1.165, 1.54) is 0 Å². The molecule has 0 aliphatic carbocycles. The van der Waals surface area contributed by atoms with Crippen LogP contribution in [0, 0.1) is 5.41 Å². The maximum Gasteiger partial charge on any atom is 0.188 e. The molecule has 1 unspecified atom stereocenters. The number of hydrogen-bond donors (Lipinski definition) is 2. The fraction of sp³-hybridized carbons (Fsp3) is 0.857. The van der Waals surface area contributed by atoms with Gasteiger partial charge < -0.3 is 10.6 Å². The molecule has 0 saturated carbocycles. The van der Waals surface area contributed by atoms with Gasteiger partial charge in [0.1, 0.15) is 0 Å². The number of nitrogens with two attached hydrogens (primary N) is 1. The summed E-state index contributed by atoms with van der Waals surface area (Å²) in [6.07, 6.45) is 3.16. The van der Waals surface area contributed by atoms with Gasteiger partial charge in [-0.2, -0.15) is 11.8 Å². The van der Waals surface area contributed by atoms with E-state index in [1.54, 1.807) is 4.90 Å². The van der Waals surface area contributed by atoms with E-state index in [-0.39, 0.29) is 5.96 Å². The molecule has 0 radical (unpaired) electrons. The largest absolute Gasteiger partial charge is 0.370 e. The first-order valence-electron chi connectivity index (χ1n) is 3.65. The molecule has 0 bridgehead atoms. The van der Waals surface area contributed by atoms with Gasteiger partial charge in [0.2, 0.25) is 0 Å². The first-order chi connectivity index (χ1) is 5.09. The highest BCUT2D eigenvalue weighted by Gasteiger charge is 2.08. The van der Waals surface area contributed by atoms with Gasteiger partial charge in [-0.1, -0.05) is 0 Å². The van der Waals surface area contributed by atoms with Crippen LogP contribution in [-0.4, -0.2) is 36.0 Å². The molecule has 4 heteroatoms. The van der Waals surface area contributed by atoms with Gasteiger partial charge in [0, 0.05) is 13.1 Å². The van der Waals surface area contributed by atoms with Crippen LogP contribution in [0.25, 0.3) is 0 Å². The molecule has 0 saturated heterocycles. The maximum absolute atomic E-state index is 7.16. The zero-order valence-electron chi connectivity index (χ0n) is 7.42. The first-order valence-corrected chi connectivity index (χ1v) is 5.04. The van der Waals surface area contributed by atoms with Crippen molar-refractivity contribution in [3.63, 3.8) is 0 Å². The van der Waals surface area contributed by atoms with Crippen molar-refractivity contribution >= 4 is 17.7 Å². The van der Waals surface area contributed by atoms with Crippen LogP contribution in [0.15, 0.2) is 0 Å². The van der Waals surface area contributed by atoms with Crippen molar-refractivity contribution in [2.45, 2.75) is 19.4 Å². The summed E-state index contributed by atoms with van der Waals surface area (Å²) in [5.41, 5.74) is 5.31. The summed E-state index contributed by atoms with van der Waals surface area (Å²) in [6, 6.07) is 0.375. The number of guanidine groups is 1. The van der Waals surface area contributed by atoms with Gasteiger partial charge in [-0.05, 0) is 25.4 Å². The molecule has 0 fully saturated rings. The van der Waals surface area contributed by atoms with Crippen LogP contribution in [0.5, 0.6) is 0 Å². The van der Waals surface area contributed by atoms with Crippen LogP contribution < -0.4 is 5.73 Å². The Hall–Kier alpha value is -0.380. The van der Waals surface area contributed by atoms with Crippen LogP contribution in [0.2, 0.25) is 0 Å². The number of thioether (sulfide) groups is 1. The number of nitrogens with zero attached hydrogens (tertiary/aromatic N) is 1. The standard InChI is InChI=1S/C7H17N3S/c1-6(4-5-11-3)10(2)7(8)9/h6H,4-5H2,1-3H3,(H3,8,9). The summed E-state index contributed by atoms with van der Waals surface area (Å²) in [7, 11) is 1.85. The molecule has 11 heavy (non-hydrogen) atoms. The molecule has 0 rings (SSSR count). The van der Waals surface area contributed by atoms with Crippen LogP contribution >= 0.6 is 11.8 Å². The molecule has 0 aliphatic rings. The van der Waals surface area contributed by atoms with E-state index in [4.69, 9.17) is 11.1 Å². The predicted octanol–water partition coefficient (Wildman–Crippen LogP) is 0.953. The van der Waals surface area contributed by atoms with Crippen molar-refractivity contribution in [1.82, 2.24) is 4.90 Å². The summed E-state index contributed by atoms with van der Waals surface area (Å²) in [5, 5.41) is 7.16. The van der Waals surface area contributed by atoms with Gasteiger partial charge in [-0.3, -0.25) is 5.41 Å². The summed E-state index contributed by atoms with van der Waals surface area (Å²) in [6.45, 7) is 2.08. The third-order valence-electron chi connectivity index (χ3n) is 1.78. The molecule has 0 heterocycles. The summed E-state index contributed by atoms with van der Waals surface area (Å²) in [5.74, 6) is 1.28. The highest BCUT2D eigenvalue weighted by molar-refractivity contribution is 7.98. The van der Waals surface area contributed by atoms with Gasteiger partial charge in [0.25, 0.3) is 0 Å². The molecule has 0 aromatic heterocycles. The topological polar surface area (TPSA) is 53.1 Å². The zero-order chi connectivity index (χ0) is 8.85. The van der Waals surface area contributed by atoms with Gasteiger partial charge >= 0.3 is 0 Å². The smallest absolute Gasteiger partial charge is 0.188 e. The summed E-state index contributed by atoms with van der Waals surface area (Å²) in [4.78, 5) is 1.79. The Morgan fingerprint density at radius 2 is 2.27 bits per heavy atom. The lowest BCUT2D eigenvalue weighted by Crippen LogP contribution is -2.39. The summed E-state index contributed by atoms with van der Waals surface area (Å²) >= 11 is 1.82. The van der Waals surface area contributed by atoms with Crippen molar-refractivity contribution in [2.75, 3.05) is 19.1 Å². The van der Waals surface area contributed by atoms with Crippen molar-refractivity contribution in [2.24, 2.45) is 5.73 Å². The SMILES string of the molecule is CSCCC(C)N(C)C(=N)N. The molecule has 0 amide bonds. The molecule has 0 spiro atoms. The Bertz CT molecular complexity index is 127. The molecule has 66 valence electrons. The van der Waals surface area contributed by atoms with E-state index >= 15 is 0 Å². The average molecular weight is 175 g/mol. The lowest BCUT2D eigenvalue weighted by Gasteiger charge is -2.24. The highest BCUT2D eigenvalue weighted by atomic mass is 32.2. The van der Waals surface area contributed by atoms with Crippen molar-refractivity contribution in [3.8, 4) is 0 Å². The Morgan fingerprint density at radius 3 is 2.64 bits per heavy atom. The molecular formula is C7H17N3S. The third-order valence-corrected chi connectivity index (χ3v) is 2.42. The lowest BCUT2D eigenvalue weighted by atomic mass is 10.2. The fourth-order valence-electron chi connectivity index (χ4n) is 0.719. The molecular weight excluding hydrogens is 158 g/mol. The van der Waals surface area contributed by atoms with Crippen LogP contribution in [0.3, 0.4) is 0 Å². The molecule has 0 aromatic rings. The molecule has 0 aromatic carbocycles.